The molecule has 26 heavy (non-hydrogen) atoms. The van der Waals surface area contributed by atoms with Gasteiger partial charge in [-0.3, -0.25) is 0 Å². The molecular formula is C18H22BrNO5S. The summed E-state index contributed by atoms with van der Waals surface area (Å²) in [6.07, 6.45) is 0. The van der Waals surface area contributed by atoms with Crippen LogP contribution in [-0.2, 0) is 10.0 Å². The summed E-state index contributed by atoms with van der Waals surface area (Å²) in [4.78, 5) is 0.126. The molecule has 0 heterocycles. The number of benzene rings is 2. The molecule has 0 bridgehead atoms. The van der Waals surface area contributed by atoms with Gasteiger partial charge in [-0.05, 0) is 49.4 Å². The van der Waals surface area contributed by atoms with E-state index in [1.54, 1.807) is 49.6 Å². The highest BCUT2D eigenvalue weighted by molar-refractivity contribution is 9.10. The summed E-state index contributed by atoms with van der Waals surface area (Å²) in [6, 6.07) is 12.0. The molecule has 8 heteroatoms. The van der Waals surface area contributed by atoms with Gasteiger partial charge in [0.05, 0.1) is 13.7 Å². The van der Waals surface area contributed by atoms with Gasteiger partial charge in [0.25, 0.3) is 0 Å². The van der Waals surface area contributed by atoms with Crippen LogP contribution in [0.1, 0.15) is 6.92 Å². The van der Waals surface area contributed by atoms with Crippen LogP contribution in [0.3, 0.4) is 0 Å². The Balaban J connectivity index is 2.05. The lowest BCUT2D eigenvalue weighted by atomic mass is 10.3. The number of sulfonamides is 1. The van der Waals surface area contributed by atoms with Crippen molar-refractivity contribution in [3.63, 3.8) is 0 Å². The normalized spacial score (nSPS) is 11.4. The van der Waals surface area contributed by atoms with Crippen LogP contribution >= 0.6 is 15.9 Å². The number of hydrogen-bond donors (Lipinski definition) is 0. The fraction of sp³-hybridized carbons (Fsp3) is 0.333. The molecule has 0 unspecified atom stereocenters. The Morgan fingerprint density at radius 2 is 1.69 bits per heavy atom. The Kier molecular flexibility index (Phi) is 7.31. The van der Waals surface area contributed by atoms with Crippen LogP contribution in [0.4, 0.5) is 0 Å². The van der Waals surface area contributed by atoms with Crippen LogP contribution < -0.4 is 14.2 Å². The molecule has 0 aliphatic rings. The van der Waals surface area contributed by atoms with Crippen LogP contribution in [0.25, 0.3) is 0 Å². The van der Waals surface area contributed by atoms with Crippen molar-refractivity contribution in [2.75, 3.05) is 33.9 Å². The summed E-state index contributed by atoms with van der Waals surface area (Å²) >= 11 is 3.31. The standard InChI is InChI=1S/C18H22BrNO5S/c1-4-24-17-10-5-14(19)13-18(17)26(21,22)20(2)11-12-25-16-8-6-15(23-3)7-9-16/h5-10,13H,4,11-12H2,1-3H3. The molecule has 0 amide bonds. The molecule has 6 nitrogen and oxygen atoms in total. The maximum Gasteiger partial charge on any atom is 0.246 e. The van der Waals surface area contributed by atoms with Crippen molar-refractivity contribution in [3.8, 4) is 17.2 Å². The highest BCUT2D eigenvalue weighted by atomic mass is 79.9. The van der Waals surface area contributed by atoms with Crippen LogP contribution in [0.5, 0.6) is 17.2 Å². The van der Waals surface area contributed by atoms with E-state index in [9.17, 15) is 8.42 Å². The Morgan fingerprint density at radius 3 is 2.31 bits per heavy atom. The van der Waals surface area contributed by atoms with Crippen LogP contribution in [0.2, 0.25) is 0 Å². The number of ether oxygens (including phenoxy) is 3. The van der Waals surface area contributed by atoms with E-state index >= 15 is 0 Å². The Bertz CT molecular complexity index is 824. The van der Waals surface area contributed by atoms with Gasteiger partial charge in [0, 0.05) is 18.1 Å². The number of methoxy groups -OCH3 is 1. The minimum atomic E-state index is -3.70. The Morgan fingerprint density at radius 1 is 1.04 bits per heavy atom. The van der Waals surface area contributed by atoms with Gasteiger partial charge < -0.3 is 14.2 Å². The predicted molar refractivity (Wildman–Crippen MR) is 104 cm³/mol. The molecule has 2 aromatic rings. The quantitative estimate of drug-likeness (QED) is 0.592. The zero-order valence-electron chi connectivity index (χ0n) is 14.9. The first-order chi connectivity index (χ1) is 12.4. The lowest BCUT2D eigenvalue weighted by Gasteiger charge is -2.19. The lowest BCUT2D eigenvalue weighted by Crippen LogP contribution is -2.31. The summed E-state index contributed by atoms with van der Waals surface area (Å²) in [5.41, 5.74) is 0. The molecule has 0 atom stereocenters. The molecule has 0 N–H and O–H groups in total. The maximum absolute atomic E-state index is 12.9. The highest BCUT2D eigenvalue weighted by Gasteiger charge is 2.25. The molecule has 0 aliphatic carbocycles. The maximum atomic E-state index is 12.9. The van der Waals surface area contributed by atoms with E-state index in [0.717, 1.165) is 5.75 Å². The summed E-state index contributed by atoms with van der Waals surface area (Å²) in [6.45, 7) is 2.62. The number of hydrogen-bond acceptors (Lipinski definition) is 5. The van der Waals surface area contributed by atoms with Crippen molar-refractivity contribution < 1.29 is 22.6 Å². The number of halogens is 1. The molecule has 0 radical (unpaired) electrons. The van der Waals surface area contributed by atoms with Gasteiger partial charge in [-0.1, -0.05) is 15.9 Å². The van der Waals surface area contributed by atoms with E-state index in [-0.39, 0.29) is 18.0 Å². The monoisotopic (exact) mass is 443 g/mol. The van der Waals surface area contributed by atoms with Crippen molar-refractivity contribution in [1.29, 1.82) is 0 Å². The van der Waals surface area contributed by atoms with Crippen LogP contribution in [0.15, 0.2) is 51.8 Å². The molecule has 0 saturated heterocycles. The Labute approximate surface area is 162 Å². The van der Waals surface area contributed by atoms with Crippen LogP contribution in [-0.4, -0.2) is 46.6 Å². The minimum absolute atomic E-state index is 0.126. The number of rotatable bonds is 9. The van der Waals surface area contributed by atoms with Gasteiger partial charge in [-0.15, -0.1) is 0 Å². The third-order valence-electron chi connectivity index (χ3n) is 3.63. The molecule has 2 aromatic carbocycles. The minimum Gasteiger partial charge on any atom is -0.497 e. The second-order valence-corrected chi connectivity index (χ2v) is 8.30. The van der Waals surface area contributed by atoms with Gasteiger partial charge in [0.15, 0.2) is 0 Å². The fourth-order valence-electron chi connectivity index (χ4n) is 2.21. The van der Waals surface area contributed by atoms with Crippen molar-refractivity contribution in [3.05, 3.63) is 46.9 Å². The molecular weight excluding hydrogens is 422 g/mol. The van der Waals surface area contributed by atoms with Crippen molar-refractivity contribution in [2.45, 2.75) is 11.8 Å². The fourth-order valence-corrected chi connectivity index (χ4v) is 4.03. The van der Waals surface area contributed by atoms with Gasteiger partial charge in [-0.25, -0.2) is 8.42 Å². The van der Waals surface area contributed by atoms with E-state index < -0.39 is 10.0 Å². The van der Waals surface area contributed by atoms with E-state index in [0.29, 0.717) is 22.6 Å². The second-order valence-electron chi connectivity index (χ2n) is 5.37. The van der Waals surface area contributed by atoms with Crippen molar-refractivity contribution in [1.82, 2.24) is 4.31 Å². The summed E-state index contributed by atoms with van der Waals surface area (Å²) in [5, 5.41) is 0. The lowest BCUT2D eigenvalue weighted by molar-refractivity contribution is 0.285. The van der Waals surface area contributed by atoms with Crippen molar-refractivity contribution in [2.24, 2.45) is 0 Å². The SMILES string of the molecule is CCOc1ccc(Br)cc1S(=O)(=O)N(C)CCOc1ccc(OC)cc1. The van der Waals surface area contributed by atoms with E-state index in [1.165, 1.54) is 11.4 Å². The predicted octanol–water partition coefficient (Wildman–Crippen LogP) is 3.56. The van der Waals surface area contributed by atoms with Crippen LogP contribution in [0, 0.1) is 0 Å². The summed E-state index contributed by atoms with van der Waals surface area (Å²) in [5.74, 6) is 1.71. The van der Waals surface area contributed by atoms with E-state index in [4.69, 9.17) is 14.2 Å². The van der Waals surface area contributed by atoms with Gasteiger partial charge >= 0.3 is 0 Å². The molecule has 0 saturated carbocycles. The average molecular weight is 444 g/mol. The first-order valence-corrected chi connectivity index (χ1v) is 10.3. The number of nitrogens with zero attached hydrogens (tertiary/aromatic N) is 1. The average Bonchev–Trinajstić information content (AvgIpc) is 2.63. The molecule has 0 aromatic heterocycles. The molecule has 0 fully saturated rings. The second kappa shape index (κ2) is 9.25. The van der Waals surface area contributed by atoms with E-state index in [1.807, 2.05) is 6.92 Å². The largest absolute Gasteiger partial charge is 0.497 e. The number of likely N-dealkylation sites (N-methyl/N-ethyl adjacent to an activating group) is 1. The summed E-state index contributed by atoms with van der Waals surface area (Å²) in [7, 11) is -0.592. The highest BCUT2D eigenvalue weighted by Crippen LogP contribution is 2.29. The zero-order valence-corrected chi connectivity index (χ0v) is 17.3. The third-order valence-corrected chi connectivity index (χ3v) is 6.00. The zero-order chi connectivity index (χ0) is 19.2. The molecule has 0 aliphatic heterocycles. The van der Waals surface area contributed by atoms with Gasteiger partial charge in [-0.2, -0.15) is 4.31 Å². The van der Waals surface area contributed by atoms with E-state index in [2.05, 4.69) is 15.9 Å². The Hall–Kier alpha value is -1.77. The smallest absolute Gasteiger partial charge is 0.246 e. The first kappa shape index (κ1) is 20.5. The van der Waals surface area contributed by atoms with Gasteiger partial charge in [0.2, 0.25) is 10.0 Å². The summed E-state index contributed by atoms with van der Waals surface area (Å²) < 4.78 is 43.8. The third kappa shape index (κ3) is 5.12. The van der Waals surface area contributed by atoms with Crippen molar-refractivity contribution >= 4 is 26.0 Å². The molecule has 2 rings (SSSR count). The molecule has 142 valence electrons. The first-order valence-electron chi connectivity index (χ1n) is 8.04. The molecule has 0 spiro atoms. The topological polar surface area (TPSA) is 65.1 Å². The van der Waals surface area contributed by atoms with Gasteiger partial charge in [0.1, 0.15) is 28.8 Å².